The standard InChI is InChI=1S/C10H14.C7H12.C2H6/c1-3-6-10-8-5-4-7-9(10)2;1-2-4-6-7-5-3-1;1-2/h4-5,7-8H,3,6H2,1-2H3;1-2H,3-7H2;1-2H3. The third-order valence-corrected chi connectivity index (χ3v) is 3.19. The van der Waals surface area contributed by atoms with Crippen LogP contribution >= 0.6 is 0 Å². The summed E-state index contributed by atoms with van der Waals surface area (Å²) in [6.07, 6.45) is 14.0. The Kier molecular flexibility index (Phi) is 12.7. The zero-order valence-corrected chi connectivity index (χ0v) is 13.4. The summed E-state index contributed by atoms with van der Waals surface area (Å²) in [5.41, 5.74) is 2.91. The van der Waals surface area contributed by atoms with Gasteiger partial charge in [0.2, 0.25) is 0 Å². The fourth-order valence-corrected chi connectivity index (χ4v) is 2.10. The third kappa shape index (κ3) is 9.53. The van der Waals surface area contributed by atoms with E-state index in [2.05, 4.69) is 50.3 Å². The molecule has 0 N–H and O–H groups in total. The van der Waals surface area contributed by atoms with Gasteiger partial charge in [-0.2, -0.15) is 0 Å². The number of rotatable bonds is 2. The molecular formula is C19H32. The summed E-state index contributed by atoms with van der Waals surface area (Å²) in [4.78, 5) is 0. The lowest BCUT2D eigenvalue weighted by Gasteiger charge is -2.01. The molecule has 0 nitrogen and oxygen atoms in total. The molecule has 1 aromatic rings. The second-order valence-electron chi connectivity index (χ2n) is 4.79. The molecule has 0 saturated carbocycles. The highest BCUT2D eigenvalue weighted by molar-refractivity contribution is 5.25. The van der Waals surface area contributed by atoms with Crippen LogP contribution in [0.3, 0.4) is 0 Å². The Hall–Kier alpha value is -1.04. The van der Waals surface area contributed by atoms with Crippen LogP contribution in [0.1, 0.15) is 70.4 Å². The largest absolute Gasteiger partial charge is 0.0885 e. The summed E-state index contributed by atoms with van der Waals surface area (Å²) < 4.78 is 0. The van der Waals surface area contributed by atoms with Gasteiger partial charge in [0.1, 0.15) is 0 Å². The van der Waals surface area contributed by atoms with Gasteiger partial charge in [0.25, 0.3) is 0 Å². The molecule has 1 aliphatic rings. The van der Waals surface area contributed by atoms with Crippen LogP contribution in [-0.2, 0) is 6.42 Å². The topological polar surface area (TPSA) is 0 Å². The van der Waals surface area contributed by atoms with Crippen molar-refractivity contribution >= 4 is 0 Å². The number of aryl methyl sites for hydroxylation is 2. The molecular weight excluding hydrogens is 228 g/mol. The number of hydrogen-bond donors (Lipinski definition) is 0. The summed E-state index contributed by atoms with van der Waals surface area (Å²) in [5.74, 6) is 0. The maximum absolute atomic E-state index is 2.30. The summed E-state index contributed by atoms with van der Waals surface area (Å²) in [6.45, 7) is 8.39. The van der Waals surface area contributed by atoms with E-state index < -0.39 is 0 Å². The SMILES string of the molecule is C1=CCCCCC1.CC.CCCc1ccccc1C. The van der Waals surface area contributed by atoms with E-state index in [0.29, 0.717) is 0 Å². The fraction of sp³-hybridized carbons (Fsp3) is 0.579. The number of benzene rings is 1. The second kappa shape index (κ2) is 13.4. The molecule has 1 aromatic carbocycles. The van der Waals surface area contributed by atoms with Gasteiger partial charge in [-0.25, -0.2) is 0 Å². The molecule has 0 amide bonds. The van der Waals surface area contributed by atoms with Gasteiger partial charge in [0, 0.05) is 0 Å². The van der Waals surface area contributed by atoms with Crippen LogP contribution in [0.2, 0.25) is 0 Å². The highest BCUT2D eigenvalue weighted by Gasteiger charge is 1.92. The van der Waals surface area contributed by atoms with E-state index in [1.807, 2.05) is 13.8 Å². The molecule has 0 spiro atoms. The molecule has 0 fully saturated rings. The fourth-order valence-electron chi connectivity index (χ4n) is 2.10. The molecule has 0 bridgehead atoms. The van der Waals surface area contributed by atoms with Crippen molar-refractivity contribution in [2.45, 2.75) is 72.6 Å². The van der Waals surface area contributed by atoms with Crippen molar-refractivity contribution in [2.75, 3.05) is 0 Å². The lowest BCUT2D eigenvalue weighted by Crippen LogP contribution is -1.85. The smallest absolute Gasteiger partial charge is 0.0279 e. The van der Waals surface area contributed by atoms with Gasteiger partial charge in [-0.3, -0.25) is 0 Å². The molecule has 0 aromatic heterocycles. The minimum atomic E-state index is 1.21. The zero-order chi connectivity index (χ0) is 14.3. The molecule has 0 heterocycles. The Morgan fingerprint density at radius 3 is 2.00 bits per heavy atom. The van der Waals surface area contributed by atoms with E-state index in [0.717, 1.165) is 0 Å². The Morgan fingerprint density at radius 2 is 1.47 bits per heavy atom. The molecule has 0 radical (unpaired) electrons. The van der Waals surface area contributed by atoms with Crippen LogP contribution in [0.15, 0.2) is 36.4 Å². The highest BCUT2D eigenvalue weighted by Crippen LogP contribution is 2.09. The van der Waals surface area contributed by atoms with Crippen molar-refractivity contribution in [3.05, 3.63) is 47.5 Å². The van der Waals surface area contributed by atoms with Crippen LogP contribution in [0.5, 0.6) is 0 Å². The predicted octanol–water partition coefficient (Wildman–Crippen LogP) is 6.48. The molecule has 2 rings (SSSR count). The molecule has 0 unspecified atom stereocenters. The van der Waals surface area contributed by atoms with E-state index in [9.17, 15) is 0 Å². The maximum atomic E-state index is 2.30. The van der Waals surface area contributed by atoms with Crippen molar-refractivity contribution in [2.24, 2.45) is 0 Å². The average molecular weight is 260 g/mol. The van der Waals surface area contributed by atoms with Gasteiger partial charge >= 0.3 is 0 Å². The van der Waals surface area contributed by atoms with Gasteiger partial charge < -0.3 is 0 Å². The molecule has 0 aliphatic heterocycles. The third-order valence-electron chi connectivity index (χ3n) is 3.19. The summed E-state index contributed by atoms with van der Waals surface area (Å²) in [5, 5.41) is 0. The van der Waals surface area contributed by atoms with Crippen molar-refractivity contribution in [3.8, 4) is 0 Å². The zero-order valence-electron chi connectivity index (χ0n) is 13.4. The first-order valence-corrected chi connectivity index (χ1v) is 8.04. The van der Waals surface area contributed by atoms with Crippen LogP contribution < -0.4 is 0 Å². The van der Waals surface area contributed by atoms with Gasteiger partial charge in [-0.05, 0) is 50.2 Å². The minimum Gasteiger partial charge on any atom is -0.0885 e. The van der Waals surface area contributed by atoms with E-state index in [4.69, 9.17) is 0 Å². The molecule has 0 heteroatoms. The highest BCUT2D eigenvalue weighted by atomic mass is 14.0. The van der Waals surface area contributed by atoms with E-state index in [1.54, 1.807) is 0 Å². The van der Waals surface area contributed by atoms with Gasteiger partial charge in [-0.15, -0.1) is 0 Å². The van der Waals surface area contributed by atoms with Crippen LogP contribution in [0.25, 0.3) is 0 Å². The van der Waals surface area contributed by atoms with Crippen molar-refractivity contribution in [3.63, 3.8) is 0 Å². The molecule has 19 heavy (non-hydrogen) atoms. The molecule has 1 aliphatic carbocycles. The van der Waals surface area contributed by atoms with Gasteiger partial charge in [0.15, 0.2) is 0 Å². The first-order valence-electron chi connectivity index (χ1n) is 8.04. The minimum absolute atomic E-state index is 1.21. The lowest BCUT2D eigenvalue weighted by molar-refractivity contribution is 0.718. The van der Waals surface area contributed by atoms with Crippen LogP contribution in [0.4, 0.5) is 0 Å². The Morgan fingerprint density at radius 1 is 0.895 bits per heavy atom. The van der Waals surface area contributed by atoms with Gasteiger partial charge in [-0.1, -0.05) is 70.0 Å². The average Bonchev–Trinajstić information content (AvgIpc) is 2.77. The Balaban J connectivity index is 0.000000316. The van der Waals surface area contributed by atoms with E-state index >= 15 is 0 Å². The van der Waals surface area contributed by atoms with Crippen molar-refractivity contribution in [1.82, 2.24) is 0 Å². The summed E-state index contributed by atoms with van der Waals surface area (Å²) in [7, 11) is 0. The quantitative estimate of drug-likeness (QED) is 0.534. The van der Waals surface area contributed by atoms with E-state index in [1.165, 1.54) is 56.1 Å². The van der Waals surface area contributed by atoms with Crippen LogP contribution in [-0.4, -0.2) is 0 Å². The normalized spacial score (nSPS) is 13.5. The number of hydrogen-bond acceptors (Lipinski definition) is 0. The van der Waals surface area contributed by atoms with Crippen molar-refractivity contribution < 1.29 is 0 Å². The molecule has 108 valence electrons. The van der Waals surface area contributed by atoms with Crippen LogP contribution in [0, 0.1) is 6.92 Å². The van der Waals surface area contributed by atoms with Gasteiger partial charge in [0.05, 0.1) is 0 Å². The maximum Gasteiger partial charge on any atom is -0.0279 e. The Labute approximate surface area is 120 Å². The predicted molar refractivity (Wildman–Crippen MR) is 88.7 cm³/mol. The number of allylic oxidation sites excluding steroid dienone is 2. The summed E-state index contributed by atoms with van der Waals surface area (Å²) in [6, 6.07) is 8.58. The second-order valence-corrected chi connectivity index (χ2v) is 4.79. The lowest BCUT2D eigenvalue weighted by atomic mass is 10.1. The summed E-state index contributed by atoms with van der Waals surface area (Å²) >= 11 is 0. The van der Waals surface area contributed by atoms with E-state index in [-0.39, 0.29) is 0 Å². The molecule has 0 saturated heterocycles. The van der Waals surface area contributed by atoms with Crippen molar-refractivity contribution in [1.29, 1.82) is 0 Å². The molecule has 0 atom stereocenters. The monoisotopic (exact) mass is 260 g/mol. The first kappa shape index (κ1) is 18.0. The Bertz CT molecular complexity index is 315. The first-order chi connectivity index (χ1) is 9.34.